The highest BCUT2D eigenvalue weighted by molar-refractivity contribution is 5.89. The molecule has 4 heteroatoms. The van der Waals surface area contributed by atoms with Gasteiger partial charge in [-0.3, -0.25) is 0 Å². The van der Waals surface area contributed by atoms with Crippen molar-refractivity contribution in [2.45, 2.75) is 13.1 Å². The van der Waals surface area contributed by atoms with Crippen LogP contribution in [0, 0.1) is 0 Å². The molecule has 0 amide bonds. The Labute approximate surface area is 123 Å². The lowest BCUT2D eigenvalue weighted by Crippen LogP contribution is -2.12. The van der Waals surface area contributed by atoms with E-state index in [1.165, 1.54) is 11.1 Å². The molecule has 108 valence electrons. The molecule has 0 spiro atoms. The van der Waals surface area contributed by atoms with Crippen LogP contribution < -0.4 is 10.1 Å². The first-order valence-electron chi connectivity index (χ1n) is 7.00. The van der Waals surface area contributed by atoms with Crippen molar-refractivity contribution >= 4 is 5.97 Å². The maximum Gasteiger partial charge on any atom is 0.338 e. The van der Waals surface area contributed by atoms with Gasteiger partial charge >= 0.3 is 5.97 Å². The molecular weight excluding hydrogens is 266 g/mol. The van der Waals surface area contributed by atoms with Gasteiger partial charge in [0.05, 0.1) is 5.56 Å². The van der Waals surface area contributed by atoms with Crippen molar-refractivity contribution in [1.29, 1.82) is 0 Å². The first-order chi connectivity index (χ1) is 10.3. The quantitative estimate of drug-likeness (QED) is 0.676. The third-order valence-corrected chi connectivity index (χ3v) is 3.40. The fourth-order valence-electron chi connectivity index (χ4n) is 2.32. The molecule has 1 heterocycles. The van der Waals surface area contributed by atoms with E-state index >= 15 is 0 Å². The third-order valence-electron chi connectivity index (χ3n) is 3.40. The van der Waals surface area contributed by atoms with Crippen molar-refractivity contribution in [3.63, 3.8) is 0 Å². The summed E-state index contributed by atoms with van der Waals surface area (Å²) in [7, 11) is 0. The maximum absolute atomic E-state index is 12.0. The summed E-state index contributed by atoms with van der Waals surface area (Å²) >= 11 is 0. The van der Waals surface area contributed by atoms with Crippen LogP contribution in [-0.4, -0.2) is 19.2 Å². The number of esters is 1. The lowest BCUT2D eigenvalue weighted by atomic mass is 10.1. The van der Waals surface area contributed by atoms with Gasteiger partial charge in [-0.15, -0.1) is 0 Å². The number of ether oxygens (including phenoxy) is 2. The van der Waals surface area contributed by atoms with E-state index in [0.29, 0.717) is 12.2 Å². The highest BCUT2D eigenvalue weighted by Gasteiger charge is 2.14. The number of nitrogens with one attached hydrogen (secondary N) is 1. The number of hydrogen-bond acceptors (Lipinski definition) is 4. The fraction of sp³-hybridized carbons (Fsp3) is 0.235. The standard InChI is InChI=1S/C17H17NO3/c19-17(13-6-7-14-11-18-12-15(14)10-13)21-9-8-20-16-4-2-1-3-5-16/h1-7,10,18H,8-9,11-12H2. The molecule has 0 saturated heterocycles. The van der Waals surface area contributed by atoms with Gasteiger partial charge in [-0.25, -0.2) is 4.79 Å². The van der Waals surface area contributed by atoms with Gasteiger partial charge in [0, 0.05) is 13.1 Å². The molecule has 3 rings (SSSR count). The fourth-order valence-corrected chi connectivity index (χ4v) is 2.32. The van der Waals surface area contributed by atoms with Crippen LogP contribution in [-0.2, 0) is 17.8 Å². The van der Waals surface area contributed by atoms with Crippen LogP contribution in [0.1, 0.15) is 21.5 Å². The minimum Gasteiger partial charge on any atom is -0.490 e. The second-order valence-corrected chi connectivity index (χ2v) is 4.88. The van der Waals surface area contributed by atoms with Crippen molar-refractivity contribution in [2.24, 2.45) is 0 Å². The molecule has 0 bridgehead atoms. The zero-order chi connectivity index (χ0) is 14.5. The van der Waals surface area contributed by atoms with Crippen LogP contribution in [0.25, 0.3) is 0 Å². The zero-order valence-corrected chi connectivity index (χ0v) is 11.7. The Morgan fingerprint density at radius 3 is 2.67 bits per heavy atom. The van der Waals surface area contributed by atoms with E-state index in [0.717, 1.165) is 18.8 Å². The summed E-state index contributed by atoms with van der Waals surface area (Å²) in [4.78, 5) is 12.0. The highest BCUT2D eigenvalue weighted by Crippen LogP contribution is 2.17. The molecule has 0 unspecified atom stereocenters. The summed E-state index contributed by atoms with van der Waals surface area (Å²) in [5.74, 6) is 0.471. The molecule has 0 aliphatic carbocycles. The minimum absolute atomic E-state index is 0.239. The van der Waals surface area contributed by atoms with Gasteiger partial charge in [0.15, 0.2) is 0 Å². The third kappa shape index (κ3) is 3.41. The van der Waals surface area contributed by atoms with E-state index in [9.17, 15) is 4.79 Å². The lowest BCUT2D eigenvalue weighted by molar-refractivity contribution is 0.0450. The zero-order valence-electron chi connectivity index (χ0n) is 11.7. The number of para-hydroxylation sites is 1. The number of fused-ring (bicyclic) bond motifs is 1. The van der Waals surface area contributed by atoms with Gasteiger partial charge in [-0.2, -0.15) is 0 Å². The molecule has 1 N–H and O–H groups in total. The van der Waals surface area contributed by atoms with Gasteiger partial charge in [-0.1, -0.05) is 24.3 Å². The number of carbonyl (C=O) groups excluding carboxylic acids is 1. The predicted molar refractivity (Wildman–Crippen MR) is 79.2 cm³/mol. The van der Waals surface area contributed by atoms with Gasteiger partial charge < -0.3 is 14.8 Å². The maximum atomic E-state index is 12.0. The molecule has 0 atom stereocenters. The summed E-state index contributed by atoms with van der Waals surface area (Å²) in [6, 6.07) is 15.2. The van der Waals surface area contributed by atoms with Crippen LogP contribution in [0.2, 0.25) is 0 Å². The van der Waals surface area contributed by atoms with Crippen molar-refractivity contribution in [1.82, 2.24) is 5.32 Å². The van der Waals surface area contributed by atoms with E-state index in [2.05, 4.69) is 5.32 Å². The first-order valence-corrected chi connectivity index (χ1v) is 7.00. The summed E-state index contributed by atoms with van der Waals surface area (Å²) in [5, 5.41) is 3.25. The largest absolute Gasteiger partial charge is 0.490 e. The highest BCUT2D eigenvalue weighted by atomic mass is 16.6. The number of rotatable bonds is 5. The smallest absolute Gasteiger partial charge is 0.338 e. The molecule has 2 aromatic rings. The molecule has 1 aliphatic heterocycles. The van der Waals surface area contributed by atoms with E-state index in [4.69, 9.17) is 9.47 Å². The minimum atomic E-state index is -0.304. The lowest BCUT2D eigenvalue weighted by Gasteiger charge is -2.08. The summed E-state index contributed by atoms with van der Waals surface area (Å²) in [6.45, 7) is 2.27. The molecule has 21 heavy (non-hydrogen) atoms. The molecule has 0 radical (unpaired) electrons. The Morgan fingerprint density at radius 2 is 1.81 bits per heavy atom. The van der Waals surface area contributed by atoms with Crippen LogP contribution in [0.4, 0.5) is 0 Å². The Balaban J connectivity index is 1.48. The van der Waals surface area contributed by atoms with Gasteiger partial charge in [0.1, 0.15) is 19.0 Å². The van der Waals surface area contributed by atoms with Crippen LogP contribution in [0.3, 0.4) is 0 Å². The molecular formula is C17H17NO3. The normalized spacial score (nSPS) is 12.8. The number of benzene rings is 2. The average Bonchev–Trinajstić information content (AvgIpc) is 3.00. The van der Waals surface area contributed by atoms with Gasteiger partial charge in [0.2, 0.25) is 0 Å². The Bertz CT molecular complexity index is 625. The molecule has 0 aromatic heterocycles. The topological polar surface area (TPSA) is 47.6 Å². The summed E-state index contributed by atoms with van der Waals surface area (Å²) in [5.41, 5.74) is 3.01. The van der Waals surface area contributed by atoms with Crippen molar-refractivity contribution in [3.05, 3.63) is 65.2 Å². The molecule has 0 saturated carbocycles. The van der Waals surface area contributed by atoms with E-state index < -0.39 is 0 Å². The summed E-state index contributed by atoms with van der Waals surface area (Å²) in [6.07, 6.45) is 0. The van der Waals surface area contributed by atoms with E-state index in [1.807, 2.05) is 48.5 Å². The second-order valence-electron chi connectivity index (χ2n) is 4.88. The monoisotopic (exact) mass is 283 g/mol. The first kappa shape index (κ1) is 13.6. The Morgan fingerprint density at radius 1 is 1.00 bits per heavy atom. The van der Waals surface area contributed by atoms with Gasteiger partial charge in [-0.05, 0) is 35.4 Å². The number of hydrogen-bond donors (Lipinski definition) is 1. The van der Waals surface area contributed by atoms with Crippen LogP contribution in [0.15, 0.2) is 48.5 Å². The van der Waals surface area contributed by atoms with E-state index in [1.54, 1.807) is 0 Å². The molecule has 4 nitrogen and oxygen atoms in total. The van der Waals surface area contributed by atoms with Crippen LogP contribution >= 0.6 is 0 Å². The Hall–Kier alpha value is -2.33. The van der Waals surface area contributed by atoms with Crippen molar-refractivity contribution in [3.8, 4) is 5.75 Å². The SMILES string of the molecule is O=C(OCCOc1ccccc1)c1ccc2c(c1)CNC2. The van der Waals surface area contributed by atoms with E-state index in [-0.39, 0.29) is 12.6 Å². The Kier molecular flexibility index (Phi) is 4.17. The van der Waals surface area contributed by atoms with Crippen LogP contribution in [0.5, 0.6) is 5.75 Å². The molecule has 2 aromatic carbocycles. The van der Waals surface area contributed by atoms with Crippen molar-refractivity contribution in [2.75, 3.05) is 13.2 Å². The molecule has 0 fully saturated rings. The predicted octanol–water partition coefficient (Wildman–Crippen LogP) is 2.53. The van der Waals surface area contributed by atoms with Gasteiger partial charge in [0.25, 0.3) is 0 Å². The average molecular weight is 283 g/mol. The number of carbonyl (C=O) groups is 1. The van der Waals surface area contributed by atoms with Crippen molar-refractivity contribution < 1.29 is 14.3 Å². The second kappa shape index (κ2) is 6.41. The molecule has 1 aliphatic rings. The summed E-state index contributed by atoms with van der Waals surface area (Å²) < 4.78 is 10.7.